The average molecular weight is 271 g/mol. The number of fused-ring (bicyclic) bond motifs is 3. The molecule has 4 unspecified atom stereocenters. The summed E-state index contributed by atoms with van der Waals surface area (Å²) < 4.78 is 5.57. The van der Waals surface area contributed by atoms with E-state index < -0.39 is 0 Å². The lowest BCUT2D eigenvalue weighted by atomic mass is 9.81. The third kappa shape index (κ3) is 2.24. The molecular formula is C18H25NO. The summed E-state index contributed by atoms with van der Waals surface area (Å²) in [4.78, 5) is 0. The molecule has 1 aliphatic heterocycles. The molecule has 4 atom stereocenters. The Labute approximate surface area is 121 Å². The fourth-order valence-electron chi connectivity index (χ4n) is 4.76. The zero-order valence-electron chi connectivity index (χ0n) is 12.2. The lowest BCUT2D eigenvalue weighted by Crippen LogP contribution is -2.34. The van der Waals surface area contributed by atoms with Gasteiger partial charge in [0.1, 0.15) is 5.75 Å². The van der Waals surface area contributed by atoms with Crippen molar-refractivity contribution >= 4 is 0 Å². The van der Waals surface area contributed by atoms with Gasteiger partial charge < -0.3 is 10.5 Å². The van der Waals surface area contributed by atoms with Gasteiger partial charge in [0.15, 0.2) is 0 Å². The normalized spacial score (nSPS) is 32.1. The first-order chi connectivity index (χ1) is 9.79. The Morgan fingerprint density at radius 1 is 1.25 bits per heavy atom. The molecular weight excluding hydrogens is 246 g/mol. The zero-order chi connectivity index (χ0) is 13.5. The summed E-state index contributed by atoms with van der Waals surface area (Å²) in [6.07, 6.45) is 9.13. The molecule has 2 nitrogen and oxygen atoms in total. The Morgan fingerprint density at radius 2 is 2.20 bits per heavy atom. The van der Waals surface area contributed by atoms with E-state index in [0.717, 1.165) is 49.4 Å². The van der Waals surface area contributed by atoms with Crippen molar-refractivity contribution in [2.24, 2.45) is 23.5 Å². The summed E-state index contributed by atoms with van der Waals surface area (Å²) in [5, 5.41) is 0. The topological polar surface area (TPSA) is 35.2 Å². The second-order valence-electron chi connectivity index (χ2n) is 7.08. The van der Waals surface area contributed by atoms with Crippen LogP contribution in [0.4, 0.5) is 0 Å². The number of benzene rings is 1. The first kappa shape index (κ1) is 12.7. The van der Waals surface area contributed by atoms with Crippen LogP contribution in [0, 0.1) is 17.8 Å². The van der Waals surface area contributed by atoms with Gasteiger partial charge >= 0.3 is 0 Å². The van der Waals surface area contributed by atoms with Crippen molar-refractivity contribution in [2.45, 2.75) is 51.0 Å². The molecule has 4 rings (SSSR count). The lowest BCUT2D eigenvalue weighted by molar-refractivity contribution is 0.272. The summed E-state index contributed by atoms with van der Waals surface area (Å²) in [5.41, 5.74) is 9.32. The third-order valence-electron chi connectivity index (χ3n) is 5.86. The molecule has 0 saturated heterocycles. The fraction of sp³-hybridized carbons (Fsp3) is 0.667. The minimum absolute atomic E-state index is 0.412. The highest BCUT2D eigenvalue weighted by atomic mass is 16.5. The third-order valence-corrected chi connectivity index (χ3v) is 5.86. The van der Waals surface area contributed by atoms with Crippen LogP contribution in [-0.2, 0) is 12.8 Å². The molecule has 2 aliphatic carbocycles. The molecule has 0 radical (unpaired) electrons. The first-order valence-corrected chi connectivity index (χ1v) is 8.30. The predicted octanol–water partition coefficient (Wildman–Crippen LogP) is 3.32. The summed E-state index contributed by atoms with van der Waals surface area (Å²) in [6, 6.07) is 7.10. The van der Waals surface area contributed by atoms with Crippen molar-refractivity contribution in [2.75, 3.05) is 6.61 Å². The van der Waals surface area contributed by atoms with Crippen molar-refractivity contribution < 1.29 is 4.74 Å². The monoisotopic (exact) mass is 271 g/mol. The summed E-state index contributed by atoms with van der Waals surface area (Å²) >= 11 is 0. The minimum Gasteiger partial charge on any atom is -0.493 e. The van der Waals surface area contributed by atoms with Gasteiger partial charge in [-0.1, -0.05) is 18.6 Å². The van der Waals surface area contributed by atoms with Crippen molar-refractivity contribution in [1.82, 2.24) is 0 Å². The molecule has 2 bridgehead atoms. The lowest BCUT2D eigenvalue weighted by Gasteiger charge is -2.27. The minimum atomic E-state index is 0.412. The second kappa shape index (κ2) is 5.07. The van der Waals surface area contributed by atoms with Crippen LogP contribution in [0.3, 0.4) is 0 Å². The number of aryl methyl sites for hydroxylation is 1. The molecule has 2 heteroatoms. The largest absolute Gasteiger partial charge is 0.493 e. The summed E-state index contributed by atoms with van der Waals surface area (Å²) in [7, 11) is 0. The molecule has 0 spiro atoms. The Kier molecular flexibility index (Phi) is 3.22. The van der Waals surface area contributed by atoms with Crippen LogP contribution in [0.25, 0.3) is 0 Å². The van der Waals surface area contributed by atoms with E-state index in [-0.39, 0.29) is 0 Å². The first-order valence-electron chi connectivity index (χ1n) is 8.30. The van der Waals surface area contributed by atoms with Gasteiger partial charge in [0.05, 0.1) is 6.61 Å². The SMILES string of the molecule is NC(CCc1ccc2c(c1)CCO2)C1CC2CCC1C2. The van der Waals surface area contributed by atoms with Gasteiger partial charge in [-0.15, -0.1) is 0 Å². The van der Waals surface area contributed by atoms with Crippen LogP contribution in [0.2, 0.25) is 0 Å². The predicted molar refractivity (Wildman–Crippen MR) is 80.9 cm³/mol. The summed E-state index contributed by atoms with van der Waals surface area (Å²) in [6.45, 7) is 0.851. The maximum atomic E-state index is 6.50. The quantitative estimate of drug-likeness (QED) is 0.911. The average Bonchev–Trinajstić information content (AvgIpc) is 3.19. The number of nitrogens with two attached hydrogens (primary N) is 1. The van der Waals surface area contributed by atoms with E-state index in [1.165, 1.54) is 36.8 Å². The van der Waals surface area contributed by atoms with E-state index in [1.54, 1.807) is 0 Å². The second-order valence-corrected chi connectivity index (χ2v) is 7.08. The standard InChI is InChI=1S/C18H25NO/c19-17(16-11-13-1-4-14(16)10-13)5-2-12-3-6-18-15(9-12)7-8-20-18/h3,6,9,13-14,16-17H,1-2,4-5,7-8,10-11,19H2. The van der Waals surface area contributed by atoms with Crippen LogP contribution >= 0.6 is 0 Å². The molecule has 2 N–H and O–H groups in total. The maximum Gasteiger partial charge on any atom is 0.122 e. The number of hydrogen-bond donors (Lipinski definition) is 1. The summed E-state index contributed by atoms with van der Waals surface area (Å²) in [5.74, 6) is 3.86. The highest BCUT2D eigenvalue weighted by Crippen LogP contribution is 2.49. The molecule has 108 valence electrons. The Morgan fingerprint density at radius 3 is 3.00 bits per heavy atom. The molecule has 1 aromatic rings. The van der Waals surface area contributed by atoms with E-state index in [9.17, 15) is 0 Å². The highest BCUT2D eigenvalue weighted by molar-refractivity contribution is 5.39. The molecule has 1 heterocycles. The van der Waals surface area contributed by atoms with E-state index in [0.29, 0.717) is 6.04 Å². The molecule has 0 aromatic heterocycles. The van der Waals surface area contributed by atoms with Crippen molar-refractivity contribution in [1.29, 1.82) is 0 Å². The van der Waals surface area contributed by atoms with Gasteiger partial charge in [-0.25, -0.2) is 0 Å². The van der Waals surface area contributed by atoms with Crippen molar-refractivity contribution in [3.8, 4) is 5.75 Å². The molecule has 1 aromatic carbocycles. The van der Waals surface area contributed by atoms with Crippen LogP contribution in [-0.4, -0.2) is 12.6 Å². The highest BCUT2D eigenvalue weighted by Gasteiger charge is 2.41. The van der Waals surface area contributed by atoms with Gasteiger partial charge in [-0.3, -0.25) is 0 Å². The van der Waals surface area contributed by atoms with E-state index in [2.05, 4.69) is 18.2 Å². The van der Waals surface area contributed by atoms with Crippen molar-refractivity contribution in [3.05, 3.63) is 29.3 Å². The molecule has 2 saturated carbocycles. The number of hydrogen-bond acceptors (Lipinski definition) is 2. The van der Waals surface area contributed by atoms with Crippen LogP contribution in [0.1, 0.15) is 43.2 Å². The molecule has 0 amide bonds. The molecule has 2 fully saturated rings. The Bertz CT molecular complexity index is 498. The van der Waals surface area contributed by atoms with E-state index in [4.69, 9.17) is 10.5 Å². The van der Waals surface area contributed by atoms with E-state index >= 15 is 0 Å². The zero-order valence-corrected chi connectivity index (χ0v) is 12.2. The Balaban J connectivity index is 1.36. The molecule has 20 heavy (non-hydrogen) atoms. The van der Waals surface area contributed by atoms with Crippen LogP contribution < -0.4 is 10.5 Å². The van der Waals surface area contributed by atoms with Gasteiger partial charge in [0, 0.05) is 12.5 Å². The molecule has 3 aliphatic rings. The Hall–Kier alpha value is -1.02. The maximum absolute atomic E-state index is 6.50. The fourth-order valence-corrected chi connectivity index (χ4v) is 4.76. The van der Waals surface area contributed by atoms with E-state index in [1.807, 2.05) is 0 Å². The van der Waals surface area contributed by atoms with Gasteiger partial charge in [-0.05, 0) is 67.1 Å². The van der Waals surface area contributed by atoms with Crippen LogP contribution in [0.5, 0.6) is 5.75 Å². The van der Waals surface area contributed by atoms with Gasteiger partial charge in [-0.2, -0.15) is 0 Å². The number of ether oxygens (including phenoxy) is 1. The van der Waals surface area contributed by atoms with Crippen LogP contribution in [0.15, 0.2) is 18.2 Å². The smallest absolute Gasteiger partial charge is 0.122 e. The number of rotatable bonds is 4. The van der Waals surface area contributed by atoms with Gasteiger partial charge in [0.25, 0.3) is 0 Å². The van der Waals surface area contributed by atoms with Crippen molar-refractivity contribution in [3.63, 3.8) is 0 Å². The van der Waals surface area contributed by atoms with Gasteiger partial charge in [0.2, 0.25) is 0 Å².